The summed E-state index contributed by atoms with van der Waals surface area (Å²) in [6, 6.07) is 4.44. The second-order valence-corrected chi connectivity index (χ2v) is 5.32. The van der Waals surface area contributed by atoms with Crippen molar-refractivity contribution in [1.82, 2.24) is 0 Å². The number of carboxylic acid groups (broad SMARTS) is 2. The van der Waals surface area contributed by atoms with Crippen molar-refractivity contribution in [2.75, 3.05) is 5.32 Å². The zero-order valence-electron chi connectivity index (χ0n) is 12.1. The third-order valence-electron chi connectivity index (χ3n) is 3.83. The first-order valence-corrected chi connectivity index (χ1v) is 6.92. The standard InChI is InChI=1S/C16H17NO5/c1-9-6-7-10(15(19)20)8-13(9)17-14(18)11-4-2-3-5-12(11)16(21)22/h2-3,6-8,11-12H,4-5H2,1H3,(H,17,18)(H,19,20)(H,21,22)/t11-,12-/m0/s1. The van der Waals surface area contributed by atoms with Gasteiger partial charge in [0.15, 0.2) is 0 Å². The number of nitrogens with one attached hydrogen (secondary N) is 1. The van der Waals surface area contributed by atoms with E-state index < -0.39 is 29.7 Å². The van der Waals surface area contributed by atoms with Crippen molar-refractivity contribution < 1.29 is 24.6 Å². The monoisotopic (exact) mass is 303 g/mol. The van der Waals surface area contributed by atoms with Crippen LogP contribution in [0.5, 0.6) is 0 Å². The molecular formula is C16H17NO5. The molecule has 0 saturated carbocycles. The van der Waals surface area contributed by atoms with Crippen molar-refractivity contribution in [2.24, 2.45) is 11.8 Å². The number of aryl methyl sites for hydroxylation is 1. The minimum absolute atomic E-state index is 0.0687. The zero-order chi connectivity index (χ0) is 16.3. The van der Waals surface area contributed by atoms with Gasteiger partial charge >= 0.3 is 11.9 Å². The van der Waals surface area contributed by atoms with E-state index in [0.717, 1.165) is 5.56 Å². The zero-order valence-corrected chi connectivity index (χ0v) is 12.1. The largest absolute Gasteiger partial charge is 0.481 e. The van der Waals surface area contributed by atoms with Crippen molar-refractivity contribution in [2.45, 2.75) is 19.8 Å². The predicted molar refractivity (Wildman–Crippen MR) is 79.8 cm³/mol. The Kier molecular flexibility index (Phi) is 4.60. The average Bonchev–Trinajstić information content (AvgIpc) is 2.49. The molecule has 6 heteroatoms. The van der Waals surface area contributed by atoms with Gasteiger partial charge in [-0.05, 0) is 37.5 Å². The highest BCUT2D eigenvalue weighted by molar-refractivity contribution is 5.97. The van der Waals surface area contributed by atoms with Gasteiger partial charge in [0, 0.05) is 5.69 Å². The Balaban J connectivity index is 2.21. The first-order valence-electron chi connectivity index (χ1n) is 6.92. The number of hydrogen-bond donors (Lipinski definition) is 3. The van der Waals surface area contributed by atoms with Crippen LogP contribution in [0.3, 0.4) is 0 Å². The Bertz CT molecular complexity index is 650. The molecule has 0 bridgehead atoms. The maximum atomic E-state index is 12.4. The molecule has 116 valence electrons. The Labute approximate surface area is 127 Å². The number of hydrogen-bond acceptors (Lipinski definition) is 3. The summed E-state index contributed by atoms with van der Waals surface area (Å²) in [6.07, 6.45) is 4.24. The maximum absolute atomic E-state index is 12.4. The fourth-order valence-electron chi connectivity index (χ4n) is 2.49. The smallest absolute Gasteiger partial charge is 0.335 e. The number of allylic oxidation sites excluding steroid dienone is 2. The minimum Gasteiger partial charge on any atom is -0.481 e. The van der Waals surface area contributed by atoms with E-state index in [1.54, 1.807) is 25.1 Å². The van der Waals surface area contributed by atoms with Crippen molar-refractivity contribution in [3.8, 4) is 0 Å². The van der Waals surface area contributed by atoms with Gasteiger partial charge in [-0.2, -0.15) is 0 Å². The fraction of sp³-hybridized carbons (Fsp3) is 0.312. The molecule has 1 amide bonds. The quantitative estimate of drug-likeness (QED) is 0.740. The van der Waals surface area contributed by atoms with Crippen LogP contribution in [0.1, 0.15) is 28.8 Å². The Morgan fingerprint density at radius 2 is 1.73 bits per heavy atom. The van der Waals surface area contributed by atoms with E-state index in [0.29, 0.717) is 18.5 Å². The number of carboxylic acids is 2. The SMILES string of the molecule is Cc1ccc(C(=O)O)cc1NC(=O)[C@H]1CC=CC[C@@H]1C(=O)O. The molecule has 0 aromatic heterocycles. The van der Waals surface area contributed by atoms with Gasteiger partial charge in [-0.1, -0.05) is 18.2 Å². The molecule has 1 aromatic carbocycles. The molecule has 0 heterocycles. The summed E-state index contributed by atoms with van der Waals surface area (Å²) in [6.45, 7) is 1.75. The number of benzene rings is 1. The van der Waals surface area contributed by atoms with E-state index in [9.17, 15) is 19.5 Å². The van der Waals surface area contributed by atoms with Crippen LogP contribution in [0.4, 0.5) is 5.69 Å². The van der Waals surface area contributed by atoms with Gasteiger partial charge in [-0.25, -0.2) is 4.79 Å². The molecule has 0 fully saturated rings. The summed E-state index contributed by atoms with van der Waals surface area (Å²) in [4.78, 5) is 34.6. The summed E-state index contributed by atoms with van der Waals surface area (Å²) < 4.78 is 0. The summed E-state index contributed by atoms with van der Waals surface area (Å²) in [7, 11) is 0. The van der Waals surface area contributed by atoms with Crippen LogP contribution in [-0.4, -0.2) is 28.1 Å². The summed E-state index contributed by atoms with van der Waals surface area (Å²) >= 11 is 0. The molecule has 0 unspecified atom stereocenters. The molecule has 0 saturated heterocycles. The minimum atomic E-state index is -1.08. The van der Waals surface area contributed by atoms with E-state index in [1.807, 2.05) is 0 Å². The molecule has 2 atom stereocenters. The first-order chi connectivity index (χ1) is 10.4. The third kappa shape index (κ3) is 3.33. The highest BCUT2D eigenvalue weighted by Crippen LogP contribution is 2.28. The van der Waals surface area contributed by atoms with Gasteiger partial charge in [0.2, 0.25) is 5.91 Å². The van der Waals surface area contributed by atoms with Crippen LogP contribution < -0.4 is 5.32 Å². The summed E-state index contributed by atoms with van der Waals surface area (Å²) in [5, 5.41) is 20.9. The van der Waals surface area contributed by atoms with E-state index in [4.69, 9.17) is 5.11 Å². The third-order valence-corrected chi connectivity index (χ3v) is 3.83. The van der Waals surface area contributed by atoms with Crippen LogP contribution >= 0.6 is 0 Å². The second kappa shape index (κ2) is 6.43. The Morgan fingerprint density at radius 1 is 1.09 bits per heavy atom. The molecule has 1 aromatic rings. The molecule has 1 aliphatic rings. The first kappa shape index (κ1) is 15.8. The van der Waals surface area contributed by atoms with Gasteiger partial charge < -0.3 is 15.5 Å². The van der Waals surface area contributed by atoms with Crippen molar-refractivity contribution in [3.63, 3.8) is 0 Å². The van der Waals surface area contributed by atoms with E-state index in [1.165, 1.54) is 12.1 Å². The highest BCUT2D eigenvalue weighted by Gasteiger charge is 2.34. The van der Waals surface area contributed by atoms with Crippen LogP contribution in [0.25, 0.3) is 0 Å². The van der Waals surface area contributed by atoms with Crippen LogP contribution in [0, 0.1) is 18.8 Å². The van der Waals surface area contributed by atoms with Gasteiger partial charge in [-0.15, -0.1) is 0 Å². The molecule has 0 radical (unpaired) electrons. The van der Waals surface area contributed by atoms with Gasteiger partial charge in [0.25, 0.3) is 0 Å². The number of amides is 1. The molecule has 0 aliphatic heterocycles. The van der Waals surface area contributed by atoms with E-state index in [2.05, 4.69) is 5.32 Å². The predicted octanol–water partition coefficient (Wildman–Crippen LogP) is 2.30. The molecule has 0 spiro atoms. The van der Waals surface area contributed by atoms with Crippen LogP contribution in [0.15, 0.2) is 30.4 Å². The van der Waals surface area contributed by atoms with Crippen LogP contribution in [-0.2, 0) is 9.59 Å². The van der Waals surface area contributed by atoms with Crippen LogP contribution in [0.2, 0.25) is 0 Å². The Morgan fingerprint density at radius 3 is 2.32 bits per heavy atom. The number of aliphatic carboxylic acids is 1. The number of anilines is 1. The molecule has 3 N–H and O–H groups in total. The fourth-order valence-corrected chi connectivity index (χ4v) is 2.49. The number of carbonyl (C=O) groups excluding carboxylic acids is 1. The van der Waals surface area contributed by atoms with Crippen molar-refractivity contribution in [1.29, 1.82) is 0 Å². The lowest BCUT2D eigenvalue weighted by molar-refractivity contribution is -0.146. The number of rotatable bonds is 4. The molecular weight excluding hydrogens is 286 g/mol. The topological polar surface area (TPSA) is 104 Å². The van der Waals surface area contributed by atoms with Crippen molar-refractivity contribution >= 4 is 23.5 Å². The maximum Gasteiger partial charge on any atom is 0.335 e. The normalized spacial score (nSPS) is 20.4. The number of carbonyl (C=O) groups is 3. The van der Waals surface area contributed by atoms with Gasteiger partial charge in [0.1, 0.15) is 0 Å². The Hall–Kier alpha value is -2.63. The summed E-state index contributed by atoms with van der Waals surface area (Å²) in [5.74, 6) is -3.90. The highest BCUT2D eigenvalue weighted by atomic mass is 16.4. The van der Waals surface area contributed by atoms with Gasteiger partial charge in [0.05, 0.1) is 17.4 Å². The van der Waals surface area contributed by atoms with Gasteiger partial charge in [-0.3, -0.25) is 9.59 Å². The average molecular weight is 303 g/mol. The number of aromatic carboxylic acids is 1. The van der Waals surface area contributed by atoms with E-state index in [-0.39, 0.29) is 5.56 Å². The lowest BCUT2D eigenvalue weighted by Crippen LogP contribution is -2.34. The molecule has 1 aliphatic carbocycles. The lowest BCUT2D eigenvalue weighted by Gasteiger charge is -2.24. The second-order valence-electron chi connectivity index (χ2n) is 5.32. The lowest BCUT2D eigenvalue weighted by atomic mass is 9.82. The molecule has 6 nitrogen and oxygen atoms in total. The van der Waals surface area contributed by atoms with E-state index >= 15 is 0 Å². The van der Waals surface area contributed by atoms with Crippen molar-refractivity contribution in [3.05, 3.63) is 41.5 Å². The summed E-state index contributed by atoms with van der Waals surface area (Å²) in [5.41, 5.74) is 1.18. The molecule has 22 heavy (non-hydrogen) atoms. The molecule has 2 rings (SSSR count).